The normalized spacial score (nSPS) is 15.7. The Kier molecular flexibility index (Phi) is 5.98. The van der Waals surface area contributed by atoms with Crippen LogP contribution in [-0.4, -0.2) is 18.4 Å². The highest BCUT2D eigenvalue weighted by molar-refractivity contribution is 6.03. The molecule has 1 heterocycles. The van der Waals surface area contributed by atoms with Gasteiger partial charge in [-0.3, -0.25) is 9.59 Å². The maximum atomic E-state index is 13.7. The van der Waals surface area contributed by atoms with E-state index in [-0.39, 0.29) is 30.7 Å². The highest BCUT2D eigenvalue weighted by atomic mass is 19.1. The van der Waals surface area contributed by atoms with E-state index in [4.69, 9.17) is 4.74 Å². The minimum absolute atomic E-state index is 0.0497. The minimum atomic E-state index is -0.413. The number of benzene rings is 3. The smallest absolute Gasteiger partial charge is 0.229 e. The van der Waals surface area contributed by atoms with Gasteiger partial charge in [-0.15, -0.1) is 0 Å². The Morgan fingerprint density at radius 3 is 2.52 bits per heavy atom. The lowest BCUT2D eigenvalue weighted by Gasteiger charge is -2.19. The van der Waals surface area contributed by atoms with Gasteiger partial charge >= 0.3 is 0 Å². The van der Waals surface area contributed by atoms with Crippen LogP contribution >= 0.6 is 0 Å². The topological polar surface area (TPSA) is 58.6 Å². The number of para-hydroxylation sites is 1. The van der Waals surface area contributed by atoms with E-state index < -0.39 is 5.92 Å². The second-order valence-corrected chi connectivity index (χ2v) is 7.59. The molecule has 0 aromatic heterocycles. The van der Waals surface area contributed by atoms with Gasteiger partial charge in [0.15, 0.2) is 0 Å². The molecule has 0 radical (unpaired) electrons. The Labute approximate surface area is 180 Å². The lowest BCUT2D eigenvalue weighted by atomic mass is 10.1. The maximum Gasteiger partial charge on any atom is 0.229 e. The summed E-state index contributed by atoms with van der Waals surface area (Å²) in [5.74, 6) is -0.389. The average molecular weight is 418 g/mol. The van der Waals surface area contributed by atoms with Crippen LogP contribution in [0.1, 0.15) is 17.5 Å². The number of ether oxygens (including phenoxy) is 1. The third-order valence-electron chi connectivity index (χ3n) is 5.38. The third-order valence-corrected chi connectivity index (χ3v) is 5.38. The zero-order valence-corrected chi connectivity index (χ0v) is 17.2. The summed E-state index contributed by atoms with van der Waals surface area (Å²) in [5, 5.41) is 2.87. The molecule has 0 aliphatic carbocycles. The van der Waals surface area contributed by atoms with Crippen LogP contribution in [0.25, 0.3) is 0 Å². The summed E-state index contributed by atoms with van der Waals surface area (Å²) in [6.45, 7) is 2.43. The van der Waals surface area contributed by atoms with Crippen molar-refractivity contribution in [3.8, 4) is 5.75 Å². The Bertz CT molecular complexity index is 1100. The van der Waals surface area contributed by atoms with Crippen molar-refractivity contribution in [1.82, 2.24) is 0 Å². The zero-order valence-electron chi connectivity index (χ0n) is 17.2. The van der Waals surface area contributed by atoms with Gasteiger partial charge in [-0.05, 0) is 48.9 Å². The van der Waals surface area contributed by atoms with Gasteiger partial charge in [-0.1, -0.05) is 36.4 Å². The number of hydrogen-bond donors (Lipinski definition) is 1. The van der Waals surface area contributed by atoms with E-state index in [1.807, 2.05) is 31.2 Å². The predicted molar refractivity (Wildman–Crippen MR) is 117 cm³/mol. The first-order chi connectivity index (χ1) is 15.0. The SMILES string of the molecule is Cc1ccccc1N1C[C@@H](C(=O)Nc2ccc(OCc3ccccc3F)cc2)CC1=O. The molecule has 1 atom stereocenters. The van der Waals surface area contributed by atoms with Crippen molar-refractivity contribution in [2.75, 3.05) is 16.8 Å². The molecule has 6 heteroatoms. The van der Waals surface area contributed by atoms with Gasteiger partial charge in [0, 0.05) is 29.9 Å². The standard InChI is InChI=1S/C25H23FN2O3/c1-17-6-2-5-9-23(17)28-15-19(14-24(28)29)25(30)27-20-10-12-21(13-11-20)31-16-18-7-3-4-8-22(18)26/h2-13,19H,14-16H2,1H3,(H,27,30)/t19-/m0/s1. The molecule has 3 aromatic rings. The van der Waals surface area contributed by atoms with E-state index in [1.165, 1.54) is 6.07 Å². The molecule has 0 saturated carbocycles. The molecule has 158 valence electrons. The number of carbonyl (C=O) groups is 2. The molecule has 1 aliphatic rings. The largest absolute Gasteiger partial charge is 0.489 e. The number of nitrogens with zero attached hydrogens (tertiary/aromatic N) is 1. The van der Waals surface area contributed by atoms with Gasteiger partial charge in [0.1, 0.15) is 18.2 Å². The zero-order chi connectivity index (χ0) is 21.8. The second kappa shape index (κ2) is 9.00. The number of nitrogens with one attached hydrogen (secondary N) is 1. The molecule has 4 rings (SSSR count). The molecule has 1 N–H and O–H groups in total. The fourth-order valence-electron chi connectivity index (χ4n) is 3.64. The summed E-state index contributed by atoms with van der Waals surface area (Å²) < 4.78 is 19.3. The summed E-state index contributed by atoms with van der Waals surface area (Å²) in [6.07, 6.45) is 0.185. The number of rotatable bonds is 6. The minimum Gasteiger partial charge on any atom is -0.489 e. The first-order valence-electron chi connectivity index (χ1n) is 10.1. The fraction of sp³-hybridized carbons (Fsp3) is 0.200. The number of carbonyl (C=O) groups excluding carboxylic acids is 2. The van der Waals surface area contributed by atoms with Gasteiger partial charge < -0.3 is 15.0 Å². The number of aryl methyl sites for hydroxylation is 1. The molecular weight excluding hydrogens is 395 g/mol. The van der Waals surface area contributed by atoms with Crippen LogP contribution in [0.5, 0.6) is 5.75 Å². The summed E-state index contributed by atoms with van der Waals surface area (Å²) in [5.41, 5.74) is 2.94. The Hall–Kier alpha value is -3.67. The predicted octanol–water partition coefficient (Wildman–Crippen LogP) is 4.70. The molecule has 0 unspecified atom stereocenters. The molecular formula is C25H23FN2O3. The summed E-state index contributed by atoms with van der Waals surface area (Å²) in [6, 6.07) is 21.0. The highest BCUT2D eigenvalue weighted by Gasteiger charge is 2.35. The van der Waals surface area contributed by atoms with Gasteiger partial charge in [0.25, 0.3) is 0 Å². The van der Waals surface area contributed by atoms with E-state index in [0.29, 0.717) is 23.5 Å². The van der Waals surface area contributed by atoms with Crippen molar-refractivity contribution >= 4 is 23.2 Å². The molecule has 31 heavy (non-hydrogen) atoms. The Morgan fingerprint density at radius 2 is 1.77 bits per heavy atom. The molecule has 5 nitrogen and oxygen atoms in total. The third kappa shape index (κ3) is 4.74. The van der Waals surface area contributed by atoms with E-state index in [9.17, 15) is 14.0 Å². The number of amides is 2. The van der Waals surface area contributed by atoms with E-state index in [1.54, 1.807) is 47.4 Å². The first-order valence-corrected chi connectivity index (χ1v) is 10.1. The van der Waals surface area contributed by atoms with Crippen molar-refractivity contribution in [2.24, 2.45) is 5.92 Å². The molecule has 2 amide bonds. The van der Waals surface area contributed by atoms with Crippen molar-refractivity contribution in [2.45, 2.75) is 20.0 Å². The van der Waals surface area contributed by atoms with Crippen LogP contribution in [0.3, 0.4) is 0 Å². The van der Waals surface area contributed by atoms with Crippen LogP contribution in [0.2, 0.25) is 0 Å². The molecule has 0 spiro atoms. The first kappa shape index (κ1) is 20.6. The van der Waals surface area contributed by atoms with Crippen LogP contribution in [0.4, 0.5) is 15.8 Å². The van der Waals surface area contributed by atoms with E-state index >= 15 is 0 Å². The summed E-state index contributed by atoms with van der Waals surface area (Å²) >= 11 is 0. The van der Waals surface area contributed by atoms with Crippen LogP contribution in [-0.2, 0) is 16.2 Å². The number of halogens is 1. The summed E-state index contributed by atoms with van der Waals surface area (Å²) in [4.78, 5) is 26.8. The van der Waals surface area contributed by atoms with Crippen molar-refractivity contribution in [3.63, 3.8) is 0 Å². The molecule has 1 fully saturated rings. The molecule has 0 bridgehead atoms. The molecule has 3 aromatic carbocycles. The highest BCUT2D eigenvalue weighted by Crippen LogP contribution is 2.28. The maximum absolute atomic E-state index is 13.7. The van der Waals surface area contributed by atoms with E-state index in [2.05, 4.69) is 5.32 Å². The average Bonchev–Trinajstić information content (AvgIpc) is 3.16. The lowest BCUT2D eigenvalue weighted by Crippen LogP contribution is -2.28. The van der Waals surface area contributed by atoms with Crippen LogP contribution in [0.15, 0.2) is 72.8 Å². The van der Waals surface area contributed by atoms with Crippen LogP contribution < -0.4 is 15.0 Å². The van der Waals surface area contributed by atoms with E-state index in [0.717, 1.165) is 11.3 Å². The van der Waals surface area contributed by atoms with Crippen molar-refractivity contribution in [1.29, 1.82) is 0 Å². The van der Waals surface area contributed by atoms with Gasteiger partial charge in [-0.25, -0.2) is 4.39 Å². The van der Waals surface area contributed by atoms with Crippen molar-refractivity contribution in [3.05, 3.63) is 89.7 Å². The fourth-order valence-corrected chi connectivity index (χ4v) is 3.64. The van der Waals surface area contributed by atoms with Crippen molar-refractivity contribution < 1.29 is 18.7 Å². The monoisotopic (exact) mass is 418 g/mol. The summed E-state index contributed by atoms with van der Waals surface area (Å²) in [7, 11) is 0. The van der Waals surface area contributed by atoms with Gasteiger partial charge in [0.05, 0.1) is 5.92 Å². The number of anilines is 2. The Balaban J connectivity index is 1.34. The molecule has 1 saturated heterocycles. The quantitative estimate of drug-likeness (QED) is 0.631. The Morgan fingerprint density at radius 1 is 1.06 bits per heavy atom. The van der Waals surface area contributed by atoms with Gasteiger partial charge in [0.2, 0.25) is 11.8 Å². The number of hydrogen-bond acceptors (Lipinski definition) is 3. The second-order valence-electron chi connectivity index (χ2n) is 7.59. The lowest BCUT2D eigenvalue weighted by molar-refractivity contribution is -0.122. The van der Waals surface area contributed by atoms with Gasteiger partial charge in [-0.2, -0.15) is 0 Å². The van der Waals surface area contributed by atoms with Crippen LogP contribution in [0, 0.1) is 18.7 Å². The molecule has 1 aliphatic heterocycles.